The van der Waals surface area contributed by atoms with Crippen molar-refractivity contribution in [1.82, 2.24) is 10.2 Å². The van der Waals surface area contributed by atoms with Crippen molar-refractivity contribution in [3.63, 3.8) is 0 Å². The summed E-state index contributed by atoms with van der Waals surface area (Å²) in [5, 5.41) is 14.4. The molecule has 0 radical (unpaired) electrons. The minimum Gasteiger partial charge on any atom is -0.491 e. The summed E-state index contributed by atoms with van der Waals surface area (Å²) in [6, 6.07) is 15.1. The molecule has 0 unspecified atom stereocenters. The minimum absolute atomic E-state index is 0.0160. The number of nitriles is 1. The maximum absolute atomic E-state index is 13.6. The molecule has 15 nitrogen and oxygen atoms in total. The number of halogens is 3. The first-order valence-corrected chi connectivity index (χ1v) is 18.9. The molecule has 59 heavy (non-hydrogen) atoms. The van der Waals surface area contributed by atoms with Gasteiger partial charge in [0.15, 0.2) is 5.11 Å². The Kier molecular flexibility index (Phi) is 12.9. The Morgan fingerprint density at radius 2 is 1.53 bits per heavy atom. The first-order valence-electron chi connectivity index (χ1n) is 18.5. The number of amides is 5. The van der Waals surface area contributed by atoms with Crippen LogP contribution in [0.1, 0.15) is 58.5 Å². The molecule has 0 bridgehead atoms. The molecule has 1 atom stereocenters. The summed E-state index contributed by atoms with van der Waals surface area (Å²) < 4.78 is 63.4. The fourth-order valence-corrected chi connectivity index (χ4v) is 7.35. The van der Waals surface area contributed by atoms with Crippen molar-refractivity contribution >= 4 is 63.9 Å². The fraction of sp³-hybridized carbons (Fsp3) is 0.375. The van der Waals surface area contributed by atoms with Gasteiger partial charge < -0.3 is 29.2 Å². The van der Waals surface area contributed by atoms with Crippen LogP contribution in [0.2, 0.25) is 0 Å². The van der Waals surface area contributed by atoms with E-state index in [4.69, 9.17) is 36.4 Å². The van der Waals surface area contributed by atoms with Gasteiger partial charge in [-0.15, -0.1) is 0 Å². The van der Waals surface area contributed by atoms with Gasteiger partial charge in [-0.1, -0.05) is 6.07 Å². The van der Waals surface area contributed by atoms with Crippen molar-refractivity contribution in [2.75, 3.05) is 67.9 Å². The van der Waals surface area contributed by atoms with E-state index >= 15 is 0 Å². The van der Waals surface area contributed by atoms with Gasteiger partial charge in [-0.05, 0) is 87.1 Å². The summed E-state index contributed by atoms with van der Waals surface area (Å²) in [6.07, 6.45) is -4.69. The molecule has 2 saturated heterocycles. The van der Waals surface area contributed by atoms with Crippen LogP contribution in [-0.4, -0.2) is 104 Å². The molecule has 3 heterocycles. The summed E-state index contributed by atoms with van der Waals surface area (Å²) in [5.41, 5.74) is -1.73. The molecule has 6 rings (SSSR count). The molecule has 0 aromatic heterocycles. The van der Waals surface area contributed by atoms with Gasteiger partial charge in [-0.25, -0.2) is 0 Å². The van der Waals surface area contributed by atoms with E-state index in [0.29, 0.717) is 50.1 Å². The Morgan fingerprint density at radius 3 is 2.17 bits per heavy atom. The Hall–Kier alpha value is -5.94. The van der Waals surface area contributed by atoms with Crippen molar-refractivity contribution in [2.45, 2.75) is 44.4 Å². The second-order valence-electron chi connectivity index (χ2n) is 13.9. The molecular weight excluding hydrogens is 798 g/mol. The predicted molar refractivity (Wildman–Crippen MR) is 209 cm³/mol. The molecule has 2 N–H and O–H groups in total. The zero-order chi connectivity index (χ0) is 42.5. The second kappa shape index (κ2) is 17.9. The maximum atomic E-state index is 13.6. The van der Waals surface area contributed by atoms with Crippen LogP contribution >= 0.6 is 12.2 Å². The van der Waals surface area contributed by atoms with Gasteiger partial charge in [0.2, 0.25) is 11.8 Å². The van der Waals surface area contributed by atoms with E-state index in [1.165, 1.54) is 18.2 Å². The number of ether oxygens (including phenoxy) is 4. The Morgan fingerprint density at radius 1 is 0.881 bits per heavy atom. The van der Waals surface area contributed by atoms with E-state index in [0.717, 1.165) is 21.9 Å². The van der Waals surface area contributed by atoms with Crippen molar-refractivity contribution in [3.05, 3.63) is 82.9 Å². The second-order valence-corrected chi connectivity index (χ2v) is 14.3. The van der Waals surface area contributed by atoms with Crippen LogP contribution in [0.15, 0.2) is 60.7 Å². The van der Waals surface area contributed by atoms with Crippen LogP contribution < -0.4 is 25.2 Å². The van der Waals surface area contributed by atoms with Crippen LogP contribution in [0.3, 0.4) is 0 Å². The molecule has 0 saturated carbocycles. The summed E-state index contributed by atoms with van der Waals surface area (Å²) in [7, 11) is 0. The van der Waals surface area contributed by atoms with E-state index in [-0.39, 0.29) is 54.6 Å². The van der Waals surface area contributed by atoms with Gasteiger partial charge in [-0.2, -0.15) is 18.4 Å². The van der Waals surface area contributed by atoms with Crippen LogP contribution in [-0.2, 0) is 34.8 Å². The summed E-state index contributed by atoms with van der Waals surface area (Å²) >= 11 is 5.59. The summed E-state index contributed by atoms with van der Waals surface area (Å²) in [4.78, 5) is 67.0. The predicted octanol–water partition coefficient (Wildman–Crippen LogP) is 4.44. The number of anilines is 3. The van der Waals surface area contributed by atoms with Gasteiger partial charge in [0, 0.05) is 24.3 Å². The monoisotopic (exact) mass is 836 g/mol. The molecular formula is C40H39F3N6O9S. The molecule has 3 aromatic carbocycles. The molecule has 310 valence electrons. The zero-order valence-electron chi connectivity index (χ0n) is 31.9. The number of carbonyl (C=O) groups is 5. The number of imide groups is 2. The highest BCUT2D eigenvalue weighted by atomic mass is 32.1. The topological polar surface area (TPSA) is 180 Å². The first kappa shape index (κ1) is 42.7. The molecule has 5 amide bonds. The summed E-state index contributed by atoms with van der Waals surface area (Å²) in [6.45, 7) is 5.57. The molecule has 3 aliphatic rings. The van der Waals surface area contributed by atoms with Crippen molar-refractivity contribution in [3.8, 4) is 11.8 Å². The molecule has 3 aliphatic heterocycles. The first-order chi connectivity index (χ1) is 28.1. The smallest absolute Gasteiger partial charge is 0.417 e. The minimum atomic E-state index is -4.80. The largest absolute Gasteiger partial charge is 0.491 e. The zero-order valence-corrected chi connectivity index (χ0v) is 32.7. The lowest BCUT2D eigenvalue weighted by Gasteiger charge is -2.29. The van der Waals surface area contributed by atoms with Gasteiger partial charge >= 0.3 is 6.18 Å². The highest BCUT2D eigenvalue weighted by molar-refractivity contribution is 7.81. The number of thiocarbonyl (C=S) groups is 1. The van der Waals surface area contributed by atoms with Gasteiger partial charge in [0.25, 0.3) is 17.7 Å². The average Bonchev–Trinajstić information content (AvgIpc) is 3.55. The Balaban J connectivity index is 0.859. The quantitative estimate of drug-likeness (QED) is 0.111. The fourth-order valence-electron chi connectivity index (χ4n) is 6.83. The third-order valence-electron chi connectivity index (χ3n) is 9.72. The lowest BCUT2D eigenvalue weighted by atomic mass is 10.0. The highest BCUT2D eigenvalue weighted by Gasteiger charge is 2.51. The summed E-state index contributed by atoms with van der Waals surface area (Å²) in [5.74, 6) is -2.31. The van der Waals surface area contributed by atoms with E-state index in [1.54, 1.807) is 55.1 Å². The number of fused-ring (bicyclic) bond motifs is 1. The molecule has 19 heteroatoms. The number of hydrogen-bond acceptors (Lipinski definition) is 12. The number of hydrogen-bond donors (Lipinski definition) is 2. The Bertz CT molecular complexity index is 2190. The standard InChI is InChI=1S/C40H39F3N6O9S/c1-39(2)37(54)47(26-7-6-24(23-44)29(22-26)40(41,42)43)38(59)49(39)25-8-10-27(11-9-25)58-21-20-57-19-18-56-17-16-55-15-14-45-30-5-3-4-28-33(30)36(53)48(35(28)52)31-12-13-32(50)46-34(31)51/h3-11,22,31,45H,12-21H2,1-2H3,(H,46,50,51)/t31-/m1/s1. The molecule has 0 spiro atoms. The van der Waals surface area contributed by atoms with Crippen molar-refractivity contribution in [2.24, 2.45) is 0 Å². The van der Waals surface area contributed by atoms with E-state index in [1.807, 2.05) is 0 Å². The van der Waals surface area contributed by atoms with Crippen LogP contribution in [0.5, 0.6) is 5.75 Å². The number of alkyl halides is 3. The number of piperidine rings is 1. The van der Waals surface area contributed by atoms with Crippen LogP contribution in [0.25, 0.3) is 0 Å². The maximum Gasteiger partial charge on any atom is 0.417 e. The van der Waals surface area contributed by atoms with Gasteiger partial charge in [-0.3, -0.25) is 39.1 Å². The molecule has 3 aromatic rings. The number of nitrogens with zero attached hydrogens (tertiary/aromatic N) is 4. The van der Waals surface area contributed by atoms with E-state index in [9.17, 15) is 37.1 Å². The van der Waals surface area contributed by atoms with Crippen LogP contribution in [0, 0.1) is 11.3 Å². The van der Waals surface area contributed by atoms with Crippen molar-refractivity contribution < 1.29 is 56.1 Å². The number of rotatable bonds is 17. The SMILES string of the molecule is CC1(C)C(=O)N(c2ccc(C#N)c(C(F)(F)F)c2)C(=S)N1c1ccc(OCCOCCOCCOCCNc2cccc3c2C(=O)N([C@@H]2CCC(=O)NC2=O)C3=O)cc1. The Labute approximate surface area is 341 Å². The lowest BCUT2D eigenvalue weighted by Crippen LogP contribution is -2.54. The van der Waals surface area contributed by atoms with Gasteiger partial charge in [0.1, 0.15) is 23.9 Å². The third kappa shape index (κ3) is 9.05. The molecule has 2 fully saturated rings. The number of carbonyl (C=O) groups excluding carboxylic acids is 5. The van der Waals surface area contributed by atoms with Crippen molar-refractivity contribution in [1.29, 1.82) is 5.26 Å². The third-order valence-corrected chi connectivity index (χ3v) is 10.1. The van der Waals surface area contributed by atoms with E-state index < -0.39 is 58.4 Å². The van der Waals surface area contributed by atoms with E-state index in [2.05, 4.69) is 10.6 Å². The number of benzene rings is 3. The lowest BCUT2D eigenvalue weighted by molar-refractivity contribution is -0.138. The van der Waals surface area contributed by atoms with Gasteiger partial charge in [0.05, 0.1) is 73.7 Å². The molecule has 0 aliphatic carbocycles. The normalized spacial score (nSPS) is 17.7. The highest BCUT2D eigenvalue weighted by Crippen LogP contribution is 2.40. The van der Waals surface area contributed by atoms with Crippen LogP contribution in [0.4, 0.5) is 30.2 Å². The average molecular weight is 837 g/mol. The number of nitrogens with one attached hydrogen (secondary N) is 2.